The molecule has 2 N–H and O–H groups in total. The van der Waals surface area contributed by atoms with Crippen LogP contribution in [0.25, 0.3) is 10.9 Å². The van der Waals surface area contributed by atoms with Crippen molar-refractivity contribution in [2.24, 2.45) is 0 Å². The number of rotatable bonds is 6. The van der Waals surface area contributed by atoms with Crippen LogP contribution in [0.5, 0.6) is 0 Å². The lowest BCUT2D eigenvalue weighted by atomic mass is 10.0. The third kappa shape index (κ3) is 4.41. The second-order valence-electron chi connectivity index (χ2n) is 8.13. The van der Waals surface area contributed by atoms with Crippen LogP contribution in [-0.4, -0.2) is 60.9 Å². The van der Waals surface area contributed by atoms with Gasteiger partial charge in [-0.15, -0.1) is 0 Å². The average molecular weight is 404 g/mol. The minimum Gasteiger partial charge on any atom is -0.361 e. The number of hydrogen-bond acceptors (Lipinski definition) is 4. The van der Waals surface area contributed by atoms with E-state index in [1.165, 1.54) is 17.4 Å². The predicted molar refractivity (Wildman–Crippen MR) is 111 cm³/mol. The van der Waals surface area contributed by atoms with Crippen molar-refractivity contribution in [3.8, 4) is 0 Å². The van der Waals surface area contributed by atoms with Crippen LogP contribution in [0, 0.1) is 0 Å². The number of fused-ring (bicyclic) bond motifs is 1. The first-order chi connectivity index (χ1) is 13.5. The van der Waals surface area contributed by atoms with Gasteiger partial charge in [-0.25, -0.2) is 8.42 Å². The van der Waals surface area contributed by atoms with E-state index >= 15 is 0 Å². The van der Waals surface area contributed by atoms with Crippen molar-refractivity contribution in [1.29, 1.82) is 0 Å². The number of H-pyrrole nitrogens is 1. The molecule has 3 heterocycles. The average Bonchev–Trinajstić information content (AvgIpc) is 3.23. The number of piperidine rings is 1. The highest BCUT2D eigenvalue weighted by molar-refractivity contribution is 7.91. The van der Waals surface area contributed by atoms with Gasteiger partial charge in [0.05, 0.1) is 17.5 Å². The maximum Gasteiger partial charge on any atom is 0.220 e. The number of carbonyl (C=O) groups excluding carboxylic acids is 1. The molecular weight excluding hydrogens is 374 g/mol. The second kappa shape index (κ2) is 8.25. The maximum atomic E-state index is 12.5. The molecule has 0 radical (unpaired) electrons. The Kier molecular flexibility index (Phi) is 5.73. The number of likely N-dealkylation sites (tertiary alicyclic amines) is 1. The first kappa shape index (κ1) is 19.5. The number of carbonyl (C=O) groups is 1. The van der Waals surface area contributed by atoms with Gasteiger partial charge in [-0.2, -0.15) is 0 Å². The van der Waals surface area contributed by atoms with E-state index in [0.717, 1.165) is 44.3 Å². The topological polar surface area (TPSA) is 82.3 Å². The normalized spacial score (nSPS) is 25.1. The zero-order chi connectivity index (χ0) is 19.6. The number of benzene rings is 1. The van der Waals surface area contributed by atoms with Crippen LogP contribution in [0.2, 0.25) is 0 Å². The summed E-state index contributed by atoms with van der Waals surface area (Å²) < 4.78 is 24.4. The lowest BCUT2D eigenvalue weighted by Crippen LogP contribution is -2.52. The summed E-state index contributed by atoms with van der Waals surface area (Å²) in [5.41, 5.74) is 2.33. The molecule has 2 saturated heterocycles. The van der Waals surface area contributed by atoms with Gasteiger partial charge in [-0.05, 0) is 50.4 Å². The first-order valence-corrected chi connectivity index (χ1v) is 12.1. The summed E-state index contributed by atoms with van der Waals surface area (Å²) in [5.74, 6) is 0.208. The van der Waals surface area contributed by atoms with Crippen molar-refractivity contribution >= 4 is 26.6 Å². The minimum atomic E-state index is -3.08. The summed E-state index contributed by atoms with van der Waals surface area (Å²) in [6.45, 7) is 1.88. The third-order valence-corrected chi connectivity index (χ3v) is 7.77. The predicted octanol–water partition coefficient (Wildman–Crippen LogP) is 2.26. The fourth-order valence-corrected chi connectivity index (χ4v) is 6.59. The number of nitrogens with zero attached hydrogens (tertiary/aromatic N) is 1. The van der Waals surface area contributed by atoms with Crippen molar-refractivity contribution in [3.63, 3.8) is 0 Å². The van der Waals surface area contributed by atoms with E-state index in [2.05, 4.69) is 21.3 Å². The Hall–Kier alpha value is -1.86. The smallest absolute Gasteiger partial charge is 0.220 e. The third-order valence-electron chi connectivity index (χ3n) is 6.05. The van der Waals surface area contributed by atoms with E-state index in [1.807, 2.05) is 24.4 Å². The molecule has 0 unspecified atom stereocenters. The van der Waals surface area contributed by atoms with Crippen LogP contribution in [0.1, 0.15) is 37.7 Å². The molecule has 152 valence electrons. The molecule has 2 fully saturated rings. The molecule has 1 aromatic heterocycles. The highest BCUT2D eigenvalue weighted by Crippen LogP contribution is 2.23. The molecule has 0 spiro atoms. The maximum absolute atomic E-state index is 12.5. The molecule has 7 heteroatoms. The second-order valence-corrected chi connectivity index (χ2v) is 10.3. The van der Waals surface area contributed by atoms with Crippen LogP contribution in [0.15, 0.2) is 30.5 Å². The molecule has 0 saturated carbocycles. The number of amides is 1. The van der Waals surface area contributed by atoms with Crippen LogP contribution in [-0.2, 0) is 21.1 Å². The van der Waals surface area contributed by atoms with E-state index in [4.69, 9.17) is 0 Å². The summed E-state index contributed by atoms with van der Waals surface area (Å²) in [6, 6.07) is 7.82. The molecular formula is C21H29N3O3S. The molecule has 2 aliphatic heterocycles. The summed E-state index contributed by atoms with van der Waals surface area (Å²) in [6.07, 6.45) is 7.45. The Morgan fingerprint density at radius 3 is 2.75 bits per heavy atom. The molecule has 2 aromatic rings. The van der Waals surface area contributed by atoms with Crippen LogP contribution in [0.4, 0.5) is 0 Å². The first-order valence-electron chi connectivity index (χ1n) is 10.3. The molecule has 2 aliphatic rings. The molecule has 28 heavy (non-hydrogen) atoms. The van der Waals surface area contributed by atoms with E-state index in [-0.39, 0.29) is 29.5 Å². The number of nitrogens with one attached hydrogen (secondary N) is 2. The van der Waals surface area contributed by atoms with Gasteiger partial charge in [0.1, 0.15) is 0 Å². The van der Waals surface area contributed by atoms with Gasteiger partial charge in [-0.1, -0.05) is 24.6 Å². The molecule has 4 rings (SSSR count). The monoisotopic (exact) mass is 403 g/mol. The van der Waals surface area contributed by atoms with Crippen molar-refractivity contribution in [2.45, 2.75) is 50.6 Å². The Bertz CT molecular complexity index is 931. The number of aromatic amines is 1. The van der Waals surface area contributed by atoms with Crippen molar-refractivity contribution < 1.29 is 13.2 Å². The summed E-state index contributed by atoms with van der Waals surface area (Å²) in [4.78, 5) is 18.0. The van der Waals surface area contributed by atoms with E-state index < -0.39 is 9.84 Å². The SMILES string of the molecule is O=C(CCCc1c[nH]c2ccccc12)N[C@H]1CS(=O)(=O)C[C@H]1N1CCCCC1. The zero-order valence-corrected chi connectivity index (χ0v) is 17.0. The molecule has 0 bridgehead atoms. The fourth-order valence-electron chi connectivity index (χ4n) is 4.63. The molecule has 0 aliphatic carbocycles. The lowest BCUT2D eigenvalue weighted by molar-refractivity contribution is -0.122. The number of aryl methyl sites for hydroxylation is 1. The van der Waals surface area contributed by atoms with Crippen molar-refractivity contribution in [1.82, 2.24) is 15.2 Å². The van der Waals surface area contributed by atoms with Crippen LogP contribution >= 0.6 is 0 Å². The zero-order valence-electron chi connectivity index (χ0n) is 16.2. The van der Waals surface area contributed by atoms with Gasteiger partial charge >= 0.3 is 0 Å². The van der Waals surface area contributed by atoms with Crippen LogP contribution < -0.4 is 5.32 Å². The van der Waals surface area contributed by atoms with Crippen LogP contribution in [0.3, 0.4) is 0 Å². The number of para-hydroxylation sites is 1. The molecule has 1 aromatic carbocycles. The molecule has 6 nitrogen and oxygen atoms in total. The summed E-state index contributed by atoms with van der Waals surface area (Å²) >= 11 is 0. The summed E-state index contributed by atoms with van der Waals surface area (Å²) in [7, 11) is -3.08. The number of hydrogen-bond donors (Lipinski definition) is 2. The number of sulfone groups is 1. The highest BCUT2D eigenvalue weighted by Gasteiger charge is 2.41. The highest BCUT2D eigenvalue weighted by atomic mass is 32.2. The van der Waals surface area contributed by atoms with E-state index in [1.54, 1.807) is 0 Å². The quantitative estimate of drug-likeness (QED) is 0.775. The largest absolute Gasteiger partial charge is 0.361 e. The van der Waals surface area contributed by atoms with E-state index in [0.29, 0.717) is 6.42 Å². The summed E-state index contributed by atoms with van der Waals surface area (Å²) in [5, 5.41) is 4.24. The van der Waals surface area contributed by atoms with Crippen molar-refractivity contribution in [2.75, 3.05) is 24.6 Å². The standard InChI is InChI=1S/C21H29N3O3S/c25-21(10-6-7-16-13-22-18-9-3-2-8-17(16)18)23-19-14-28(26,27)15-20(19)24-11-4-1-5-12-24/h2-3,8-9,13,19-20,22H,1,4-7,10-12,14-15H2,(H,23,25)/t19-,20+/m0/s1. The Labute approximate surface area is 166 Å². The fraction of sp³-hybridized carbons (Fsp3) is 0.571. The van der Waals surface area contributed by atoms with Gasteiger partial charge in [0, 0.05) is 29.6 Å². The minimum absolute atomic E-state index is 0.0380. The van der Waals surface area contributed by atoms with E-state index in [9.17, 15) is 13.2 Å². The van der Waals surface area contributed by atoms with Gasteiger partial charge in [0.2, 0.25) is 5.91 Å². The van der Waals surface area contributed by atoms with Gasteiger partial charge in [0.25, 0.3) is 0 Å². The van der Waals surface area contributed by atoms with Gasteiger partial charge in [0.15, 0.2) is 9.84 Å². The molecule has 1 amide bonds. The Morgan fingerprint density at radius 1 is 1.14 bits per heavy atom. The van der Waals surface area contributed by atoms with Crippen molar-refractivity contribution in [3.05, 3.63) is 36.0 Å². The Balaban J connectivity index is 1.32. The van der Waals surface area contributed by atoms with Gasteiger partial charge < -0.3 is 10.3 Å². The molecule has 2 atom stereocenters. The van der Waals surface area contributed by atoms with Gasteiger partial charge in [-0.3, -0.25) is 9.69 Å². The lowest BCUT2D eigenvalue weighted by Gasteiger charge is -2.35. The number of aromatic nitrogens is 1. The Morgan fingerprint density at radius 2 is 1.93 bits per heavy atom.